The van der Waals surface area contributed by atoms with Crippen LogP contribution in [0.15, 0.2) is 45.9 Å². The van der Waals surface area contributed by atoms with Gasteiger partial charge in [-0.05, 0) is 23.8 Å². The Hall–Kier alpha value is -2.56. The normalized spacial score (nSPS) is 10.7. The Labute approximate surface area is 102 Å². The average molecular weight is 241 g/mol. The summed E-state index contributed by atoms with van der Waals surface area (Å²) in [6.45, 7) is 0. The SMILES string of the molecule is CNc1cncc(-c2ccc3[nH]c(=O)oc3c2)c1. The summed E-state index contributed by atoms with van der Waals surface area (Å²) < 4.78 is 5.04. The average Bonchev–Trinajstić information content (AvgIpc) is 2.77. The molecule has 1 aromatic carbocycles. The summed E-state index contributed by atoms with van der Waals surface area (Å²) in [5.41, 5.74) is 4.10. The topological polar surface area (TPSA) is 70.9 Å². The number of fused-ring (bicyclic) bond motifs is 1. The van der Waals surface area contributed by atoms with E-state index in [1.807, 2.05) is 31.3 Å². The lowest BCUT2D eigenvalue weighted by molar-refractivity contribution is 0.555. The van der Waals surface area contributed by atoms with E-state index in [4.69, 9.17) is 4.42 Å². The fraction of sp³-hybridized carbons (Fsp3) is 0.0769. The minimum Gasteiger partial charge on any atom is -0.408 e. The summed E-state index contributed by atoms with van der Waals surface area (Å²) in [7, 11) is 1.84. The van der Waals surface area contributed by atoms with Gasteiger partial charge < -0.3 is 9.73 Å². The van der Waals surface area contributed by atoms with Crippen molar-refractivity contribution in [3.63, 3.8) is 0 Å². The lowest BCUT2D eigenvalue weighted by atomic mass is 10.1. The predicted molar refractivity (Wildman–Crippen MR) is 69.6 cm³/mol. The Bertz CT molecular complexity index is 758. The second-order valence-electron chi connectivity index (χ2n) is 3.94. The number of nitrogens with zero attached hydrogens (tertiary/aromatic N) is 1. The molecule has 3 aromatic rings. The molecule has 5 nitrogen and oxygen atoms in total. The zero-order valence-electron chi connectivity index (χ0n) is 9.73. The van der Waals surface area contributed by atoms with Crippen molar-refractivity contribution in [2.75, 3.05) is 12.4 Å². The minimum absolute atomic E-state index is 0.441. The lowest BCUT2D eigenvalue weighted by Crippen LogP contribution is -1.92. The molecular weight excluding hydrogens is 230 g/mol. The van der Waals surface area contributed by atoms with Gasteiger partial charge in [0.25, 0.3) is 0 Å². The Morgan fingerprint density at radius 2 is 2.11 bits per heavy atom. The van der Waals surface area contributed by atoms with E-state index in [2.05, 4.69) is 15.3 Å². The van der Waals surface area contributed by atoms with Crippen LogP contribution in [0.4, 0.5) is 5.69 Å². The zero-order valence-corrected chi connectivity index (χ0v) is 9.73. The van der Waals surface area contributed by atoms with Gasteiger partial charge in [0.1, 0.15) is 0 Å². The number of oxazole rings is 1. The summed E-state index contributed by atoms with van der Waals surface area (Å²) in [5.74, 6) is -0.441. The Kier molecular flexibility index (Phi) is 2.37. The number of hydrogen-bond acceptors (Lipinski definition) is 4. The first-order chi connectivity index (χ1) is 8.76. The van der Waals surface area contributed by atoms with Gasteiger partial charge in [-0.3, -0.25) is 9.97 Å². The molecule has 0 fully saturated rings. The van der Waals surface area contributed by atoms with Gasteiger partial charge >= 0.3 is 5.76 Å². The number of rotatable bonds is 2. The van der Waals surface area contributed by atoms with E-state index in [-0.39, 0.29) is 0 Å². The van der Waals surface area contributed by atoms with Gasteiger partial charge in [-0.2, -0.15) is 0 Å². The first kappa shape index (κ1) is 10.6. The number of aromatic amines is 1. The molecule has 5 heteroatoms. The molecule has 18 heavy (non-hydrogen) atoms. The van der Waals surface area contributed by atoms with Gasteiger partial charge in [-0.25, -0.2) is 4.79 Å². The van der Waals surface area contributed by atoms with E-state index in [1.165, 1.54) is 0 Å². The second-order valence-corrected chi connectivity index (χ2v) is 3.94. The lowest BCUT2D eigenvalue weighted by Gasteiger charge is -2.04. The number of hydrogen-bond donors (Lipinski definition) is 2. The molecule has 2 aromatic heterocycles. The molecule has 0 unspecified atom stereocenters. The predicted octanol–water partition coefficient (Wildman–Crippen LogP) is 2.22. The monoisotopic (exact) mass is 241 g/mol. The van der Waals surface area contributed by atoms with Crippen LogP contribution in [0, 0.1) is 0 Å². The van der Waals surface area contributed by atoms with Crippen molar-refractivity contribution < 1.29 is 4.42 Å². The second kappa shape index (κ2) is 4.03. The van der Waals surface area contributed by atoms with Gasteiger partial charge in [-0.15, -0.1) is 0 Å². The van der Waals surface area contributed by atoms with E-state index < -0.39 is 5.76 Å². The maximum Gasteiger partial charge on any atom is 0.417 e. The quantitative estimate of drug-likeness (QED) is 0.721. The van der Waals surface area contributed by atoms with E-state index in [0.717, 1.165) is 16.8 Å². The molecule has 0 saturated carbocycles. The summed E-state index contributed by atoms with van der Waals surface area (Å²) in [6, 6.07) is 7.55. The Morgan fingerprint density at radius 3 is 2.94 bits per heavy atom. The highest BCUT2D eigenvalue weighted by Crippen LogP contribution is 2.24. The van der Waals surface area contributed by atoms with Crippen LogP contribution in [0.5, 0.6) is 0 Å². The largest absolute Gasteiger partial charge is 0.417 e. The van der Waals surface area contributed by atoms with E-state index in [9.17, 15) is 4.79 Å². The highest BCUT2D eigenvalue weighted by atomic mass is 16.4. The Balaban J connectivity index is 2.15. The van der Waals surface area contributed by atoms with Crippen LogP contribution >= 0.6 is 0 Å². The van der Waals surface area contributed by atoms with Crippen LogP contribution in [0.25, 0.3) is 22.2 Å². The van der Waals surface area contributed by atoms with Crippen LogP contribution in [0.3, 0.4) is 0 Å². The van der Waals surface area contributed by atoms with Crippen LogP contribution in [-0.4, -0.2) is 17.0 Å². The number of anilines is 1. The molecule has 0 aliphatic heterocycles. The molecule has 0 aliphatic carbocycles. The molecule has 0 spiro atoms. The smallest absolute Gasteiger partial charge is 0.408 e. The maximum absolute atomic E-state index is 11.1. The first-order valence-electron chi connectivity index (χ1n) is 5.52. The van der Waals surface area contributed by atoms with Crippen LogP contribution in [0.2, 0.25) is 0 Å². The maximum atomic E-state index is 11.1. The summed E-state index contributed by atoms with van der Waals surface area (Å²) in [6.07, 6.45) is 3.52. The first-order valence-corrected chi connectivity index (χ1v) is 5.52. The molecule has 0 bridgehead atoms. The van der Waals surface area contributed by atoms with Gasteiger partial charge in [-0.1, -0.05) is 6.07 Å². The third-order valence-electron chi connectivity index (χ3n) is 2.78. The summed E-state index contributed by atoms with van der Waals surface area (Å²) in [5, 5.41) is 3.04. The molecule has 0 aliphatic rings. The summed E-state index contributed by atoms with van der Waals surface area (Å²) >= 11 is 0. The number of aromatic nitrogens is 2. The van der Waals surface area contributed by atoms with Crippen molar-refractivity contribution in [1.29, 1.82) is 0 Å². The fourth-order valence-corrected chi connectivity index (χ4v) is 1.86. The third-order valence-corrected chi connectivity index (χ3v) is 2.78. The van der Waals surface area contributed by atoms with Crippen molar-refractivity contribution >= 4 is 16.8 Å². The minimum atomic E-state index is -0.441. The number of pyridine rings is 1. The molecule has 2 heterocycles. The van der Waals surface area contributed by atoms with Crippen molar-refractivity contribution in [2.24, 2.45) is 0 Å². The molecular formula is C13H11N3O2. The molecule has 3 rings (SSSR count). The van der Waals surface area contributed by atoms with Crippen LogP contribution in [0.1, 0.15) is 0 Å². The van der Waals surface area contributed by atoms with Crippen molar-refractivity contribution in [1.82, 2.24) is 9.97 Å². The molecule has 0 atom stereocenters. The van der Waals surface area contributed by atoms with Crippen molar-refractivity contribution in [2.45, 2.75) is 0 Å². The van der Waals surface area contributed by atoms with Crippen molar-refractivity contribution in [3.8, 4) is 11.1 Å². The Morgan fingerprint density at radius 1 is 1.22 bits per heavy atom. The van der Waals surface area contributed by atoms with Crippen LogP contribution in [-0.2, 0) is 0 Å². The number of H-pyrrole nitrogens is 1. The van der Waals surface area contributed by atoms with E-state index >= 15 is 0 Å². The van der Waals surface area contributed by atoms with Gasteiger partial charge in [0, 0.05) is 25.0 Å². The van der Waals surface area contributed by atoms with Gasteiger partial charge in [0.2, 0.25) is 0 Å². The fourth-order valence-electron chi connectivity index (χ4n) is 1.86. The highest BCUT2D eigenvalue weighted by molar-refractivity contribution is 5.80. The van der Waals surface area contributed by atoms with Gasteiger partial charge in [0.15, 0.2) is 5.58 Å². The zero-order chi connectivity index (χ0) is 12.5. The van der Waals surface area contributed by atoms with Gasteiger partial charge in [0.05, 0.1) is 11.2 Å². The molecule has 2 N–H and O–H groups in total. The number of nitrogens with one attached hydrogen (secondary N) is 2. The standard InChI is InChI=1S/C13H11N3O2/c1-14-10-4-9(6-15-7-10)8-2-3-11-12(5-8)18-13(17)16-11/h2-7,14H,1H3,(H,16,17). The molecule has 0 radical (unpaired) electrons. The van der Waals surface area contributed by atoms with Crippen LogP contribution < -0.4 is 11.1 Å². The molecule has 0 saturated heterocycles. The van der Waals surface area contributed by atoms with E-state index in [1.54, 1.807) is 12.4 Å². The highest BCUT2D eigenvalue weighted by Gasteiger charge is 2.04. The van der Waals surface area contributed by atoms with Crippen molar-refractivity contribution in [3.05, 3.63) is 47.2 Å². The summed E-state index contributed by atoms with van der Waals surface area (Å²) in [4.78, 5) is 17.9. The number of benzene rings is 1. The molecule has 90 valence electrons. The van der Waals surface area contributed by atoms with E-state index in [0.29, 0.717) is 11.1 Å². The third kappa shape index (κ3) is 1.75. The molecule has 0 amide bonds.